The number of fused-ring (bicyclic) bond motifs is 3. The Balaban J connectivity index is 1.22. The van der Waals surface area contributed by atoms with Crippen LogP contribution in [0.4, 0.5) is 74.5 Å². The third-order valence-corrected chi connectivity index (χ3v) is 23.1. The third-order valence-electron chi connectivity index (χ3n) is 14.9. The number of hydrogen-bond acceptors (Lipinski definition) is 35. The minimum Gasteiger partial charge on any atom is -0.497 e. The fourth-order valence-corrected chi connectivity index (χ4v) is 16.2. The second kappa shape index (κ2) is 35.4. The summed E-state index contributed by atoms with van der Waals surface area (Å²) in [6.07, 6.45) is -0.685. The van der Waals surface area contributed by atoms with Gasteiger partial charge in [-0.05, 0) is 136 Å². The lowest BCUT2D eigenvalue weighted by Crippen LogP contribution is -2.08. The number of aryl methyl sites for hydroxylation is 2. The molecule has 0 amide bonds. The summed E-state index contributed by atoms with van der Waals surface area (Å²) < 4.78 is 215. The second-order valence-electron chi connectivity index (χ2n) is 23.1. The number of rotatable bonds is 36. The molecular weight excluding hydrogens is 1630 g/mol. The average Bonchev–Trinajstić information content (AvgIpc) is 1.57. The van der Waals surface area contributed by atoms with Crippen molar-refractivity contribution in [3.05, 3.63) is 129 Å². The molecule has 0 aliphatic rings. The van der Waals surface area contributed by atoms with Crippen molar-refractivity contribution < 1.29 is 97.3 Å². The lowest BCUT2D eigenvalue weighted by molar-refractivity contribution is -0.385. The van der Waals surface area contributed by atoms with Crippen molar-refractivity contribution >= 4 is 187 Å². The lowest BCUT2D eigenvalue weighted by atomic mass is 10.1. The Morgan fingerprint density at radius 1 is 0.564 bits per heavy atom. The molecule has 0 radical (unpaired) electrons. The number of aromatic nitrogens is 5. The molecule has 0 fully saturated rings. The number of azo groups is 4. The number of nitro benzene ring substituents is 1. The number of pyridine rings is 1. The molecule has 9 rings (SSSR count). The van der Waals surface area contributed by atoms with Gasteiger partial charge < -0.3 is 25.2 Å². The standard InChI is InChI=1S/C61H61N17O23S9/c1-34-24-48(73-76-56-36(3)41(33-62)57-64-47-28-39(100-4)13-15-51(47)77(57)58(56)79)52(101-16-6-20-105(82,83)84)30-43(34)70-75-50-29-45(65-60-66-59(63-37-10-5-11-40(26-37)109(94,95)96)67-61(68-60)104-19-9-23-108(91,92)93)46(32-54(50)103-18-8-22-107(88,89)90)72-74-49-25-35(2)44(31-53(49)102-17-7-21-106(85,86)87)71-69-42-14-12-38(78(80)81)27-55(42)110(97,98)99/h5,10-15,24-32,79H,6-9,16-23H2,1-4H3,(H,82,83,84)(H,85,86,87)(H,88,89,90)(H,91,92,93)(H,94,95,96)(H,97,98,99)(H2,63,65,66,67,68). The number of imidazole rings is 1. The van der Waals surface area contributed by atoms with E-state index in [-0.39, 0.29) is 156 Å². The Labute approximate surface area is 639 Å². The van der Waals surface area contributed by atoms with Gasteiger partial charge in [-0.1, -0.05) is 17.8 Å². The van der Waals surface area contributed by atoms with E-state index in [2.05, 4.69) is 77.6 Å². The van der Waals surface area contributed by atoms with E-state index in [1.165, 1.54) is 73.9 Å². The molecule has 0 aliphatic carbocycles. The molecule has 0 spiro atoms. The summed E-state index contributed by atoms with van der Waals surface area (Å²) in [5.74, 6) is -3.67. The fraction of sp³-hybridized carbons (Fsp3) is 0.262. The van der Waals surface area contributed by atoms with Gasteiger partial charge in [0.1, 0.15) is 50.8 Å². The monoisotopic (exact) mass is 1690 g/mol. The van der Waals surface area contributed by atoms with Crippen molar-refractivity contribution in [2.24, 2.45) is 40.9 Å². The molecule has 0 bridgehead atoms. The van der Waals surface area contributed by atoms with Crippen LogP contribution in [0, 0.1) is 42.2 Å². The van der Waals surface area contributed by atoms with Gasteiger partial charge in [-0.3, -0.25) is 41.8 Å². The number of benzene rings is 6. The van der Waals surface area contributed by atoms with Crippen LogP contribution in [0.5, 0.6) is 17.4 Å². The van der Waals surface area contributed by atoms with Crippen molar-refractivity contribution in [1.82, 2.24) is 24.3 Å². The molecule has 110 heavy (non-hydrogen) atoms. The second-order valence-corrected chi connectivity index (χ2v) is 35.5. The van der Waals surface area contributed by atoms with Crippen LogP contribution in [0.3, 0.4) is 0 Å². The molecule has 0 unspecified atom stereocenters. The van der Waals surface area contributed by atoms with Gasteiger partial charge in [-0.2, -0.15) is 80.9 Å². The van der Waals surface area contributed by atoms with Crippen LogP contribution in [-0.2, 0) is 60.7 Å². The van der Waals surface area contributed by atoms with E-state index in [1.54, 1.807) is 25.1 Å². The van der Waals surface area contributed by atoms with Crippen molar-refractivity contribution in [2.75, 3.05) is 64.6 Å². The number of thioether (sulfide) groups is 3. The Hall–Kier alpha value is -9.92. The molecule has 0 saturated carbocycles. The zero-order valence-corrected chi connectivity index (χ0v) is 64.6. The van der Waals surface area contributed by atoms with Crippen LogP contribution in [0.1, 0.15) is 47.9 Å². The van der Waals surface area contributed by atoms with Crippen LogP contribution in [0.15, 0.2) is 163 Å². The summed E-state index contributed by atoms with van der Waals surface area (Å²) >= 11 is 2.83. The summed E-state index contributed by atoms with van der Waals surface area (Å²) in [5, 5.41) is 74.8. The van der Waals surface area contributed by atoms with Gasteiger partial charge in [0.15, 0.2) is 16.5 Å². The minimum absolute atomic E-state index is 0.00702. The first-order chi connectivity index (χ1) is 51.6. The van der Waals surface area contributed by atoms with E-state index in [1.807, 2.05) is 0 Å². The highest BCUT2D eigenvalue weighted by molar-refractivity contribution is 8.00. The van der Waals surface area contributed by atoms with Crippen molar-refractivity contribution in [2.45, 2.75) is 71.2 Å². The third kappa shape index (κ3) is 23.6. The zero-order valence-electron chi connectivity index (χ0n) is 57.3. The van der Waals surface area contributed by atoms with E-state index in [0.29, 0.717) is 28.4 Å². The Bertz CT molecular complexity index is 6010. The zero-order chi connectivity index (χ0) is 80.3. The first-order valence-electron chi connectivity index (χ1n) is 31.3. The van der Waals surface area contributed by atoms with Crippen LogP contribution in [-0.4, -0.2) is 166 Å². The lowest BCUT2D eigenvalue weighted by Gasteiger charge is -2.14. The molecule has 3 aromatic heterocycles. The smallest absolute Gasteiger partial charge is 0.297 e. The number of aromatic hydroxyl groups is 1. The summed E-state index contributed by atoms with van der Waals surface area (Å²) in [6.45, 7) is 4.24. The molecule has 9 aromatic rings. The minimum atomic E-state index is -5.13. The van der Waals surface area contributed by atoms with Gasteiger partial charge in [-0.25, -0.2) is 4.98 Å². The number of nitrogens with one attached hydrogen (secondary N) is 2. The number of anilines is 4. The quantitative estimate of drug-likeness (QED) is 0.00440. The van der Waals surface area contributed by atoms with E-state index < -0.39 is 116 Å². The van der Waals surface area contributed by atoms with Crippen molar-refractivity contribution in [3.63, 3.8) is 0 Å². The molecule has 0 atom stereocenters. The number of nitro groups is 1. The highest BCUT2D eigenvalue weighted by Gasteiger charge is 2.25. The highest BCUT2D eigenvalue weighted by Crippen LogP contribution is 2.46. The summed E-state index contributed by atoms with van der Waals surface area (Å²) in [4.78, 5) is 27.5. The van der Waals surface area contributed by atoms with E-state index >= 15 is 0 Å². The van der Waals surface area contributed by atoms with E-state index in [9.17, 15) is 98.3 Å². The van der Waals surface area contributed by atoms with Gasteiger partial charge in [-0.15, -0.1) is 54.2 Å². The molecule has 9 N–H and O–H groups in total. The molecule has 0 aliphatic heterocycles. The summed E-state index contributed by atoms with van der Waals surface area (Å²) in [7, 11) is -26.3. The van der Waals surface area contributed by atoms with Crippen LogP contribution in [0.25, 0.3) is 16.7 Å². The normalized spacial score (nSPS) is 12.7. The number of methoxy groups -OCH3 is 1. The maximum Gasteiger partial charge on any atom is 0.297 e. The maximum atomic E-state index is 12.4. The SMILES string of the molecule is COc1ccc2c(c1)nc1c(C#N)c(C)c(N=Nc3cc(C)c(N=Nc4cc(Nc5nc(Nc6cccc(S(=O)(=O)O)c6)nc(SCCCS(=O)(=O)O)n5)c(N=Nc5cc(C)c(N=Nc6ccc([N+](=O)[O-])cc6S(=O)(=O)O)cc5SCCCS(=O)(=O)O)cc4SCCCS(=O)(=O)O)cc3OCCCS(=O)(=O)O)c(O)n12. The largest absolute Gasteiger partial charge is 0.497 e. The molecular formula is C61H61N17O23S9. The van der Waals surface area contributed by atoms with Gasteiger partial charge in [0.05, 0.1) is 80.3 Å². The van der Waals surface area contributed by atoms with Gasteiger partial charge in [0.25, 0.3) is 66.4 Å². The van der Waals surface area contributed by atoms with Crippen LogP contribution >= 0.6 is 35.3 Å². The van der Waals surface area contributed by atoms with Gasteiger partial charge in [0, 0.05) is 51.1 Å². The van der Waals surface area contributed by atoms with Gasteiger partial charge in [0.2, 0.25) is 17.8 Å². The van der Waals surface area contributed by atoms with Crippen molar-refractivity contribution in [1.29, 1.82) is 5.26 Å². The molecule has 6 aromatic carbocycles. The number of nitriles is 1. The predicted molar refractivity (Wildman–Crippen MR) is 403 cm³/mol. The van der Waals surface area contributed by atoms with Gasteiger partial charge >= 0.3 is 0 Å². The number of non-ortho nitro benzene ring substituents is 1. The Morgan fingerprint density at radius 3 is 1.68 bits per heavy atom. The molecule has 3 heterocycles. The topological polar surface area (TPSA) is 611 Å². The molecule has 0 saturated heterocycles. The maximum absolute atomic E-state index is 12.4. The van der Waals surface area contributed by atoms with E-state index in [4.69, 9.17) is 9.47 Å². The molecule has 582 valence electrons. The summed E-state index contributed by atoms with van der Waals surface area (Å²) in [6, 6.07) is 22.5. The first-order valence-corrected chi connectivity index (χ1v) is 43.6. The summed E-state index contributed by atoms with van der Waals surface area (Å²) in [5.41, 5.74) is -0.0271. The number of nitrogens with zero attached hydrogens (tertiary/aromatic N) is 15. The number of ether oxygens (including phenoxy) is 2. The Kier molecular flexibility index (Phi) is 27.1. The predicted octanol–water partition coefficient (Wildman–Crippen LogP) is 13.5. The first kappa shape index (κ1) is 84.1. The fourth-order valence-electron chi connectivity index (χ4n) is 9.77. The highest BCUT2D eigenvalue weighted by atomic mass is 32.2. The van der Waals surface area contributed by atoms with E-state index in [0.717, 1.165) is 59.6 Å². The van der Waals surface area contributed by atoms with Crippen LogP contribution < -0.4 is 20.1 Å². The Morgan fingerprint density at radius 2 is 1.10 bits per heavy atom. The number of hydrogen-bond donors (Lipinski definition) is 9. The van der Waals surface area contributed by atoms with Crippen molar-refractivity contribution in [3.8, 4) is 23.4 Å². The average molecular weight is 1690 g/mol. The molecule has 49 heteroatoms. The molecule has 40 nitrogen and oxygen atoms in total. The van der Waals surface area contributed by atoms with Crippen LogP contribution in [0.2, 0.25) is 0 Å².